The van der Waals surface area contributed by atoms with Crippen LogP contribution in [0.3, 0.4) is 0 Å². The number of nitrogens with one attached hydrogen (secondary N) is 1. The Kier molecular flexibility index (Phi) is 4.48. The number of carbonyl (C=O) groups excluding carboxylic acids is 3. The number of amides is 1. The van der Waals surface area contributed by atoms with Crippen LogP contribution in [0.5, 0.6) is 0 Å². The monoisotopic (exact) mass is 331 g/mol. The van der Waals surface area contributed by atoms with E-state index in [9.17, 15) is 19.6 Å². The van der Waals surface area contributed by atoms with Crippen molar-refractivity contribution in [1.29, 1.82) is 5.26 Å². The summed E-state index contributed by atoms with van der Waals surface area (Å²) in [7, 11) is 0. The Morgan fingerprint density at radius 3 is 2.08 bits per heavy atom. The summed E-state index contributed by atoms with van der Waals surface area (Å²) in [6.07, 6.45) is 0. The van der Waals surface area contributed by atoms with Crippen molar-refractivity contribution in [2.24, 2.45) is 10.9 Å². The van der Waals surface area contributed by atoms with Crippen molar-refractivity contribution in [3.05, 3.63) is 71.8 Å². The number of aliphatic imine (C=N–C) groups is 1. The maximum atomic E-state index is 12.5. The van der Waals surface area contributed by atoms with Gasteiger partial charge in [-0.25, -0.2) is 0 Å². The van der Waals surface area contributed by atoms with Crippen LogP contribution < -0.4 is 5.32 Å². The van der Waals surface area contributed by atoms with E-state index in [1.807, 2.05) is 6.07 Å². The number of amidine groups is 1. The Bertz CT molecular complexity index is 899. The van der Waals surface area contributed by atoms with Gasteiger partial charge in [0.15, 0.2) is 23.5 Å². The zero-order valence-electron chi connectivity index (χ0n) is 13.0. The normalized spacial score (nSPS) is 19.0. The molecule has 1 aliphatic rings. The molecule has 2 unspecified atom stereocenters. The molecule has 2 atom stereocenters. The second-order valence-electron chi connectivity index (χ2n) is 5.43. The highest BCUT2D eigenvalue weighted by molar-refractivity contribution is 6.27. The minimum atomic E-state index is -1.31. The molecule has 3 rings (SSSR count). The lowest BCUT2D eigenvalue weighted by Gasteiger charge is -2.06. The number of Topliss-reactive ketones (excluding diaryl/α,β-unsaturated/α-hetero) is 2. The van der Waals surface area contributed by atoms with Crippen LogP contribution in [0, 0.1) is 17.2 Å². The van der Waals surface area contributed by atoms with E-state index in [2.05, 4.69) is 10.3 Å². The molecule has 0 spiro atoms. The van der Waals surface area contributed by atoms with Crippen LogP contribution in [0.4, 0.5) is 0 Å². The van der Waals surface area contributed by atoms with Crippen LogP contribution in [0.2, 0.25) is 0 Å². The summed E-state index contributed by atoms with van der Waals surface area (Å²) in [5, 5.41) is 11.7. The van der Waals surface area contributed by atoms with E-state index in [0.717, 1.165) is 0 Å². The van der Waals surface area contributed by atoms with Crippen molar-refractivity contribution in [1.82, 2.24) is 5.32 Å². The summed E-state index contributed by atoms with van der Waals surface area (Å²) in [5.41, 5.74) is 0.698. The molecule has 2 aromatic carbocycles. The molecular formula is C19H13N3O3. The lowest BCUT2D eigenvalue weighted by atomic mass is 9.96. The van der Waals surface area contributed by atoms with Crippen molar-refractivity contribution in [2.45, 2.75) is 6.04 Å². The number of carbonyl (C=O) groups is 3. The summed E-state index contributed by atoms with van der Waals surface area (Å²) in [5.74, 6) is -2.95. The van der Waals surface area contributed by atoms with Crippen LogP contribution in [0.15, 0.2) is 65.7 Å². The minimum Gasteiger partial charge on any atom is -0.309 e. The Labute approximate surface area is 143 Å². The summed E-state index contributed by atoms with van der Waals surface area (Å²) in [6, 6.07) is 17.1. The van der Waals surface area contributed by atoms with Gasteiger partial charge in [0, 0.05) is 11.1 Å². The first-order valence-electron chi connectivity index (χ1n) is 7.58. The van der Waals surface area contributed by atoms with Gasteiger partial charge in [-0.05, 0) is 12.1 Å². The highest BCUT2D eigenvalue weighted by Crippen LogP contribution is 2.19. The van der Waals surface area contributed by atoms with Crippen LogP contribution in [0.25, 0.3) is 0 Å². The van der Waals surface area contributed by atoms with Gasteiger partial charge in [-0.2, -0.15) is 5.26 Å². The highest BCUT2D eigenvalue weighted by Gasteiger charge is 2.42. The van der Waals surface area contributed by atoms with E-state index in [0.29, 0.717) is 11.1 Å². The smallest absolute Gasteiger partial charge is 0.256 e. The fourth-order valence-electron chi connectivity index (χ4n) is 2.53. The fourth-order valence-corrected chi connectivity index (χ4v) is 2.53. The van der Waals surface area contributed by atoms with E-state index in [-0.39, 0.29) is 5.84 Å². The largest absolute Gasteiger partial charge is 0.309 e. The van der Waals surface area contributed by atoms with Crippen molar-refractivity contribution >= 4 is 23.3 Å². The number of benzene rings is 2. The molecule has 1 N–H and O–H groups in total. The highest BCUT2D eigenvalue weighted by atomic mass is 16.2. The zero-order valence-corrected chi connectivity index (χ0v) is 13.0. The topological polar surface area (TPSA) is 99.4 Å². The van der Waals surface area contributed by atoms with E-state index in [4.69, 9.17) is 0 Å². The van der Waals surface area contributed by atoms with Gasteiger partial charge in [0.1, 0.15) is 5.84 Å². The second kappa shape index (κ2) is 6.89. The van der Waals surface area contributed by atoms with Crippen molar-refractivity contribution < 1.29 is 14.4 Å². The van der Waals surface area contributed by atoms with Gasteiger partial charge in [0.25, 0.3) is 5.91 Å². The lowest BCUT2D eigenvalue weighted by molar-refractivity contribution is -0.119. The Hall–Kier alpha value is -3.59. The van der Waals surface area contributed by atoms with Gasteiger partial charge in [0.05, 0.1) is 6.07 Å². The first kappa shape index (κ1) is 16.3. The molecule has 0 aromatic heterocycles. The van der Waals surface area contributed by atoms with Gasteiger partial charge < -0.3 is 5.32 Å². The molecule has 1 aliphatic heterocycles. The quantitative estimate of drug-likeness (QED) is 0.684. The molecule has 25 heavy (non-hydrogen) atoms. The van der Waals surface area contributed by atoms with Crippen molar-refractivity contribution in [3.63, 3.8) is 0 Å². The molecule has 122 valence electrons. The van der Waals surface area contributed by atoms with Gasteiger partial charge in [-0.1, -0.05) is 48.5 Å². The van der Waals surface area contributed by atoms with Crippen LogP contribution in [-0.4, -0.2) is 29.4 Å². The van der Waals surface area contributed by atoms with Crippen molar-refractivity contribution in [2.75, 3.05) is 0 Å². The maximum Gasteiger partial charge on any atom is 0.256 e. The fraction of sp³-hybridized carbons (Fsp3) is 0.105. The lowest BCUT2D eigenvalue weighted by Crippen LogP contribution is -2.36. The second-order valence-corrected chi connectivity index (χ2v) is 5.43. The summed E-state index contributed by atoms with van der Waals surface area (Å²) in [4.78, 5) is 41.1. The van der Waals surface area contributed by atoms with E-state index in [1.165, 1.54) is 0 Å². The number of nitriles is 1. The molecule has 2 aromatic rings. The number of nitrogens with zero attached hydrogens (tertiary/aromatic N) is 2. The average Bonchev–Trinajstić information content (AvgIpc) is 2.97. The first-order chi connectivity index (χ1) is 12.1. The molecular weight excluding hydrogens is 318 g/mol. The van der Waals surface area contributed by atoms with Gasteiger partial charge in [0.2, 0.25) is 0 Å². The molecule has 0 fully saturated rings. The zero-order chi connectivity index (χ0) is 17.8. The number of ketones is 2. The Morgan fingerprint density at radius 1 is 0.960 bits per heavy atom. The predicted molar refractivity (Wildman–Crippen MR) is 90.0 cm³/mol. The molecule has 6 heteroatoms. The summed E-state index contributed by atoms with van der Waals surface area (Å²) in [6.45, 7) is 0. The average molecular weight is 331 g/mol. The molecule has 0 aliphatic carbocycles. The number of rotatable bonds is 3. The standard InChI is InChI=1S/C19H13N3O3/c20-11-14-17(24)15(16(23)12-7-3-1-4-8-12)21-18(14)22-19(25)13-9-5-2-6-10-13/h1-10,14-15H,(H,21,22,25). The van der Waals surface area contributed by atoms with E-state index in [1.54, 1.807) is 60.7 Å². The number of hydrogen-bond donors (Lipinski definition) is 1. The Balaban J connectivity index is 1.85. The van der Waals surface area contributed by atoms with Gasteiger partial charge >= 0.3 is 0 Å². The first-order valence-corrected chi connectivity index (χ1v) is 7.58. The Morgan fingerprint density at radius 2 is 1.52 bits per heavy atom. The van der Waals surface area contributed by atoms with E-state index >= 15 is 0 Å². The molecule has 6 nitrogen and oxygen atoms in total. The molecule has 1 heterocycles. The number of hydrogen-bond acceptors (Lipinski definition) is 5. The molecule has 0 saturated carbocycles. The van der Waals surface area contributed by atoms with Gasteiger partial charge in [-0.15, -0.1) is 0 Å². The van der Waals surface area contributed by atoms with Gasteiger partial charge in [-0.3, -0.25) is 19.4 Å². The van der Waals surface area contributed by atoms with Crippen LogP contribution in [-0.2, 0) is 4.79 Å². The van der Waals surface area contributed by atoms with Crippen LogP contribution >= 0.6 is 0 Å². The van der Waals surface area contributed by atoms with Crippen LogP contribution in [0.1, 0.15) is 20.7 Å². The molecule has 0 saturated heterocycles. The minimum absolute atomic E-state index is 0.0874. The van der Waals surface area contributed by atoms with Crippen molar-refractivity contribution in [3.8, 4) is 6.07 Å². The third kappa shape index (κ3) is 3.21. The third-order valence-electron chi connectivity index (χ3n) is 3.81. The molecule has 0 bridgehead atoms. The molecule has 0 radical (unpaired) electrons. The molecule has 1 amide bonds. The summed E-state index contributed by atoms with van der Waals surface area (Å²) >= 11 is 0. The third-order valence-corrected chi connectivity index (χ3v) is 3.81. The predicted octanol–water partition coefficient (Wildman–Crippen LogP) is 1.79. The SMILES string of the molecule is N#CC1C(=O)C(C(=O)c2ccccc2)N=C1NC(=O)c1ccccc1. The maximum absolute atomic E-state index is 12.5. The summed E-state index contributed by atoms with van der Waals surface area (Å²) < 4.78 is 0. The van der Waals surface area contributed by atoms with E-state index < -0.39 is 29.4 Å².